The Morgan fingerprint density at radius 2 is 2.00 bits per heavy atom. The molecule has 0 fully saturated rings. The van der Waals surface area contributed by atoms with Crippen LogP contribution in [0.4, 0.5) is 11.5 Å². The SMILES string of the molecule is CCCCc1ccc(-n2c(C)cc(/C=N\Nc3ncccc3[N+](=O)[O-])c2C)cc1. The number of hydrogen-bond acceptors (Lipinski definition) is 5. The topological polar surface area (TPSA) is 85.3 Å². The van der Waals surface area contributed by atoms with Gasteiger partial charge in [-0.25, -0.2) is 4.98 Å². The zero-order chi connectivity index (χ0) is 20.8. The summed E-state index contributed by atoms with van der Waals surface area (Å²) in [5.41, 5.74) is 8.09. The smallest absolute Gasteiger partial charge is 0.313 e. The summed E-state index contributed by atoms with van der Waals surface area (Å²) in [6.07, 6.45) is 6.64. The maximum atomic E-state index is 11.1. The molecule has 0 radical (unpaired) electrons. The van der Waals surface area contributed by atoms with Crippen LogP contribution in [0.25, 0.3) is 5.69 Å². The fourth-order valence-electron chi connectivity index (χ4n) is 3.30. The molecule has 0 aliphatic rings. The van der Waals surface area contributed by atoms with Gasteiger partial charge in [-0.1, -0.05) is 25.5 Å². The number of unbranched alkanes of at least 4 members (excludes halogenated alkanes) is 1. The summed E-state index contributed by atoms with van der Waals surface area (Å²) in [5, 5.41) is 15.2. The van der Waals surface area contributed by atoms with Crippen LogP contribution < -0.4 is 5.43 Å². The molecular weight excluding hydrogens is 366 g/mol. The molecule has 0 saturated carbocycles. The Bertz CT molecular complexity index is 1020. The van der Waals surface area contributed by atoms with E-state index in [0.717, 1.165) is 29.1 Å². The van der Waals surface area contributed by atoms with E-state index < -0.39 is 4.92 Å². The van der Waals surface area contributed by atoms with Crippen molar-refractivity contribution >= 4 is 17.7 Å². The van der Waals surface area contributed by atoms with Gasteiger partial charge in [0.05, 0.1) is 11.1 Å². The number of hydrogen-bond donors (Lipinski definition) is 1. The summed E-state index contributed by atoms with van der Waals surface area (Å²) in [4.78, 5) is 14.6. The standard InChI is InChI=1S/C22H25N5O2/c1-4-5-7-18-9-11-20(12-10-18)26-16(2)14-19(17(26)3)15-24-25-22-21(27(28)29)8-6-13-23-22/h6,8-15H,4-5,7H2,1-3H3,(H,23,25)/b24-15-. The molecule has 3 rings (SSSR count). The van der Waals surface area contributed by atoms with Gasteiger partial charge in [-0.05, 0) is 56.5 Å². The van der Waals surface area contributed by atoms with Gasteiger partial charge in [0.1, 0.15) is 0 Å². The molecule has 150 valence electrons. The number of aromatic nitrogens is 2. The van der Waals surface area contributed by atoms with E-state index in [1.165, 1.54) is 36.7 Å². The summed E-state index contributed by atoms with van der Waals surface area (Å²) in [6.45, 7) is 6.28. The van der Waals surface area contributed by atoms with Gasteiger partial charge in [0.15, 0.2) is 0 Å². The van der Waals surface area contributed by atoms with Crippen LogP contribution in [0.2, 0.25) is 0 Å². The first-order valence-corrected chi connectivity index (χ1v) is 9.68. The molecule has 1 N–H and O–H groups in total. The molecule has 0 atom stereocenters. The van der Waals surface area contributed by atoms with E-state index >= 15 is 0 Å². The van der Waals surface area contributed by atoms with E-state index in [-0.39, 0.29) is 11.5 Å². The van der Waals surface area contributed by atoms with Crippen molar-refractivity contribution in [2.24, 2.45) is 5.10 Å². The van der Waals surface area contributed by atoms with Gasteiger partial charge >= 0.3 is 5.69 Å². The molecule has 0 aliphatic carbocycles. The Hall–Kier alpha value is -3.48. The first-order valence-electron chi connectivity index (χ1n) is 9.68. The van der Waals surface area contributed by atoms with Crippen molar-refractivity contribution in [1.29, 1.82) is 0 Å². The molecule has 2 heterocycles. The average molecular weight is 391 g/mol. The van der Waals surface area contributed by atoms with Crippen molar-refractivity contribution in [3.05, 3.63) is 81.3 Å². The van der Waals surface area contributed by atoms with Crippen molar-refractivity contribution in [3.8, 4) is 5.69 Å². The minimum Gasteiger partial charge on any atom is -0.318 e. The number of hydrazone groups is 1. The van der Waals surface area contributed by atoms with Crippen molar-refractivity contribution < 1.29 is 4.92 Å². The maximum Gasteiger partial charge on any atom is 0.313 e. The second kappa shape index (κ2) is 9.14. The molecule has 0 bridgehead atoms. The molecule has 2 aromatic heterocycles. The van der Waals surface area contributed by atoms with Crippen molar-refractivity contribution in [1.82, 2.24) is 9.55 Å². The van der Waals surface area contributed by atoms with Gasteiger partial charge in [0, 0.05) is 34.9 Å². The molecule has 0 amide bonds. The third kappa shape index (κ3) is 4.68. The van der Waals surface area contributed by atoms with Crippen LogP contribution in [-0.4, -0.2) is 20.7 Å². The van der Waals surface area contributed by atoms with E-state index in [1.54, 1.807) is 6.21 Å². The molecule has 3 aromatic rings. The Labute approximate surface area is 170 Å². The highest BCUT2D eigenvalue weighted by atomic mass is 16.6. The zero-order valence-electron chi connectivity index (χ0n) is 16.9. The first-order chi connectivity index (χ1) is 14.0. The van der Waals surface area contributed by atoms with E-state index in [2.05, 4.69) is 51.3 Å². The van der Waals surface area contributed by atoms with Crippen LogP contribution in [0.15, 0.2) is 53.8 Å². The van der Waals surface area contributed by atoms with Crippen LogP contribution >= 0.6 is 0 Å². The summed E-state index contributed by atoms with van der Waals surface area (Å²) >= 11 is 0. The lowest BCUT2D eigenvalue weighted by atomic mass is 10.1. The van der Waals surface area contributed by atoms with Gasteiger partial charge in [-0.15, -0.1) is 0 Å². The van der Waals surface area contributed by atoms with Crippen LogP contribution in [0.1, 0.15) is 42.3 Å². The number of nitrogens with zero attached hydrogens (tertiary/aromatic N) is 4. The highest BCUT2D eigenvalue weighted by Gasteiger charge is 2.13. The molecule has 7 heteroatoms. The van der Waals surface area contributed by atoms with Crippen LogP contribution in [0.3, 0.4) is 0 Å². The second-order valence-corrected chi connectivity index (χ2v) is 6.93. The third-order valence-corrected chi connectivity index (χ3v) is 4.84. The highest BCUT2D eigenvalue weighted by molar-refractivity contribution is 5.83. The number of aryl methyl sites for hydroxylation is 2. The zero-order valence-corrected chi connectivity index (χ0v) is 16.9. The lowest BCUT2D eigenvalue weighted by molar-refractivity contribution is -0.384. The van der Waals surface area contributed by atoms with Crippen LogP contribution in [0.5, 0.6) is 0 Å². The van der Waals surface area contributed by atoms with Gasteiger partial charge < -0.3 is 4.57 Å². The predicted molar refractivity (Wildman–Crippen MR) is 116 cm³/mol. The van der Waals surface area contributed by atoms with E-state index in [0.29, 0.717) is 0 Å². The minimum atomic E-state index is -0.485. The quantitative estimate of drug-likeness (QED) is 0.325. The Morgan fingerprint density at radius 3 is 2.69 bits per heavy atom. The largest absolute Gasteiger partial charge is 0.318 e. The van der Waals surface area contributed by atoms with E-state index in [1.807, 2.05) is 19.9 Å². The fourth-order valence-corrected chi connectivity index (χ4v) is 3.30. The predicted octanol–water partition coefficient (Wildman–Crippen LogP) is 5.19. The molecule has 29 heavy (non-hydrogen) atoms. The van der Waals surface area contributed by atoms with Crippen molar-refractivity contribution in [2.45, 2.75) is 40.0 Å². The number of rotatable bonds is 8. The summed E-state index contributed by atoms with van der Waals surface area (Å²) in [6, 6.07) is 13.6. The Kier molecular flexibility index (Phi) is 6.39. The molecule has 7 nitrogen and oxygen atoms in total. The van der Waals surface area contributed by atoms with Crippen molar-refractivity contribution in [3.63, 3.8) is 0 Å². The van der Waals surface area contributed by atoms with Gasteiger partial charge in [-0.3, -0.25) is 15.5 Å². The van der Waals surface area contributed by atoms with Gasteiger partial charge in [0.2, 0.25) is 5.82 Å². The Balaban J connectivity index is 1.79. The van der Waals surface area contributed by atoms with Crippen LogP contribution in [0, 0.1) is 24.0 Å². The lowest BCUT2D eigenvalue weighted by Crippen LogP contribution is -2.01. The molecule has 0 unspecified atom stereocenters. The molecular formula is C22H25N5O2. The van der Waals surface area contributed by atoms with Gasteiger partial charge in [0.25, 0.3) is 0 Å². The Morgan fingerprint density at radius 1 is 1.24 bits per heavy atom. The van der Waals surface area contributed by atoms with E-state index in [4.69, 9.17) is 0 Å². The van der Waals surface area contributed by atoms with Gasteiger partial charge in [-0.2, -0.15) is 5.10 Å². The second-order valence-electron chi connectivity index (χ2n) is 6.93. The average Bonchev–Trinajstić information content (AvgIpc) is 3.00. The minimum absolute atomic E-state index is 0.113. The maximum absolute atomic E-state index is 11.1. The number of pyridine rings is 1. The molecule has 0 spiro atoms. The number of nitrogens with one attached hydrogen (secondary N) is 1. The number of benzene rings is 1. The third-order valence-electron chi connectivity index (χ3n) is 4.84. The van der Waals surface area contributed by atoms with Crippen LogP contribution in [-0.2, 0) is 6.42 Å². The summed E-state index contributed by atoms with van der Waals surface area (Å²) in [7, 11) is 0. The van der Waals surface area contributed by atoms with Crippen molar-refractivity contribution in [2.75, 3.05) is 5.43 Å². The number of nitro groups is 1. The molecule has 1 aromatic carbocycles. The first kappa shape index (κ1) is 20.3. The molecule has 0 aliphatic heterocycles. The fraction of sp³-hybridized carbons (Fsp3) is 0.273. The summed E-state index contributed by atoms with van der Waals surface area (Å²) < 4.78 is 2.17. The number of anilines is 1. The van der Waals surface area contributed by atoms with E-state index in [9.17, 15) is 10.1 Å². The monoisotopic (exact) mass is 391 g/mol. The summed E-state index contributed by atoms with van der Waals surface area (Å²) in [5.74, 6) is 0.116. The normalized spacial score (nSPS) is 11.1. The highest BCUT2D eigenvalue weighted by Crippen LogP contribution is 2.22. The lowest BCUT2D eigenvalue weighted by Gasteiger charge is -2.10. The molecule has 0 saturated heterocycles.